The van der Waals surface area contributed by atoms with E-state index in [0.717, 1.165) is 0 Å². The topological polar surface area (TPSA) is 59.9 Å². The van der Waals surface area contributed by atoms with Crippen molar-refractivity contribution in [2.75, 3.05) is 0 Å². The molecule has 0 spiro atoms. The van der Waals surface area contributed by atoms with Gasteiger partial charge in [-0.15, -0.1) is 0 Å². The smallest absolute Gasteiger partial charge is 0.256 e. The highest BCUT2D eigenvalue weighted by molar-refractivity contribution is 4.46. The molecule has 0 saturated carbocycles. The first-order valence-electron chi connectivity index (χ1n) is 1.80. The third-order valence-corrected chi connectivity index (χ3v) is 0.535. The van der Waals surface area contributed by atoms with E-state index in [1.54, 1.807) is 0 Å². The number of hydrogen-bond acceptors (Lipinski definition) is 2. The van der Waals surface area contributed by atoms with Crippen LogP contribution in [-0.2, 0) is 0 Å². The van der Waals surface area contributed by atoms with E-state index in [1.165, 1.54) is 12.7 Å². The molecule has 2 N–H and O–H groups in total. The van der Waals surface area contributed by atoms with Gasteiger partial charge in [-0.1, -0.05) is 0 Å². The van der Waals surface area contributed by atoms with E-state index in [4.69, 9.17) is 0 Å². The van der Waals surface area contributed by atoms with Gasteiger partial charge < -0.3 is 0 Å². The monoisotopic (exact) mass is 98.0 g/mol. The summed E-state index contributed by atoms with van der Waals surface area (Å²) >= 11 is 0. The van der Waals surface area contributed by atoms with Crippen LogP contribution in [0.2, 0.25) is 0 Å². The number of hydrogen-bond donors (Lipinski definition) is 1. The van der Waals surface area contributed by atoms with Gasteiger partial charge >= 0.3 is 5.69 Å². The fourth-order valence-corrected chi connectivity index (χ4v) is 0.274. The van der Waals surface area contributed by atoms with E-state index in [0.29, 0.717) is 0 Å². The molecule has 7 heavy (non-hydrogen) atoms. The second-order valence-electron chi connectivity index (χ2n) is 1.02. The van der Waals surface area contributed by atoms with E-state index in [1.807, 2.05) is 0 Å². The van der Waals surface area contributed by atoms with Crippen molar-refractivity contribution < 1.29 is 4.98 Å². The van der Waals surface area contributed by atoms with Crippen molar-refractivity contribution in [3.05, 3.63) is 23.1 Å². The van der Waals surface area contributed by atoms with Crippen LogP contribution in [0.1, 0.15) is 0 Å². The Hall–Kier alpha value is -1.19. The lowest BCUT2D eigenvalue weighted by atomic mass is 11.1. The first kappa shape index (κ1) is 3.98. The van der Waals surface area contributed by atoms with Crippen LogP contribution in [0.3, 0.4) is 0 Å². The van der Waals surface area contributed by atoms with E-state index in [-0.39, 0.29) is 5.69 Å². The number of nitrogens with one attached hydrogen (secondary N) is 2. The molecule has 0 radical (unpaired) electrons. The van der Waals surface area contributed by atoms with Gasteiger partial charge in [0, 0.05) is 0 Å². The van der Waals surface area contributed by atoms with E-state index < -0.39 is 0 Å². The Morgan fingerprint density at radius 3 is 3.00 bits per heavy atom. The van der Waals surface area contributed by atoms with Crippen molar-refractivity contribution in [3.8, 4) is 0 Å². The summed E-state index contributed by atoms with van der Waals surface area (Å²) in [5, 5.41) is 0. The molecule has 1 aromatic heterocycles. The summed E-state index contributed by atoms with van der Waals surface area (Å²) < 4.78 is 0. The molecule has 1 rings (SSSR count). The molecule has 0 aliphatic heterocycles. The first-order valence-corrected chi connectivity index (χ1v) is 1.80. The van der Waals surface area contributed by atoms with Gasteiger partial charge in [0.15, 0.2) is 6.33 Å². The van der Waals surface area contributed by atoms with Gasteiger partial charge in [0.25, 0.3) is 0 Å². The van der Waals surface area contributed by atoms with E-state index in [9.17, 15) is 4.79 Å². The minimum atomic E-state index is -0.334. The molecule has 0 unspecified atom stereocenters. The van der Waals surface area contributed by atoms with Crippen LogP contribution >= 0.6 is 0 Å². The molecule has 0 aliphatic rings. The van der Waals surface area contributed by atoms with E-state index in [2.05, 4.69) is 15.0 Å². The quantitative estimate of drug-likeness (QED) is 0.433. The number of nitrogens with zero attached hydrogens (tertiary/aromatic N) is 1. The summed E-state index contributed by atoms with van der Waals surface area (Å²) in [5.41, 5.74) is -0.334. The minimum Gasteiger partial charge on any atom is -0.256 e. The zero-order chi connectivity index (χ0) is 5.11. The van der Waals surface area contributed by atoms with Crippen LogP contribution in [0.5, 0.6) is 0 Å². The van der Waals surface area contributed by atoms with Gasteiger partial charge in [0.05, 0.1) is 0 Å². The largest absolute Gasteiger partial charge is 0.476 e. The summed E-state index contributed by atoms with van der Waals surface area (Å²) in [7, 11) is 0. The van der Waals surface area contributed by atoms with Crippen molar-refractivity contribution in [2.24, 2.45) is 0 Å². The maximum Gasteiger partial charge on any atom is 0.476 e. The van der Waals surface area contributed by atoms with Gasteiger partial charge in [-0.05, 0) is 4.98 Å². The summed E-state index contributed by atoms with van der Waals surface area (Å²) in [6.07, 6.45) is 2.73. The second-order valence-corrected chi connectivity index (χ2v) is 1.02. The average Bonchev–Trinajstić information content (AvgIpc) is 1.69. The molecule has 0 amide bonds. The molecule has 4 heteroatoms. The predicted octanol–water partition coefficient (Wildman–Crippen LogP) is -1.42. The van der Waals surface area contributed by atoms with Gasteiger partial charge in [-0.2, -0.15) is 0 Å². The first-order chi connectivity index (χ1) is 3.39. The minimum absolute atomic E-state index is 0.334. The zero-order valence-corrected chi connectivity index (χ0v) is 3.51. The molecule has 0 fully saturated rings. The Bertz CT molecular complexity index is 176. The van der Waals surface area contributed by atoms with Crippen molar-refractivity contribution in [3.63, 3.8) is 0 Å². The van der Waals surface area contributed by atoms with Crippen molar-refractivity contribution in [2.45, 2.75) is 0 Å². The lowest BCUT2D eigenvalue weighted by molar-refractivity contribution is -0.388. The van der Waals surface area contributed by atoms with Crippen LogP contribution in [-0.4, -0.2) is 9.97 Å². The van der Waals surface area contributed by atoms with Crippen molar-refractivity contribution in [1.29, 1.82) is 0 Å². The molecule has 0 aliphatic carbocycles. The molecular formula is C3H4N3O+. The maximum atomic E-state index is 10.1. The van der Waals surface area contributed by atoms with Crippen LogP contribution in [0.4, 0.5) is 0 Å². The molecule has 4 nitrogen and oxygen atoms in total. The Morgan fingerprint density at radius 2 is 2.71 bits per heavy atom. The fraction of sp³-hybridized carbons (Fsp3) is 0. The van der Waals surface area contributed by atoms with Crippen LogP contribution in [0.15, 0.2) is 17.4 Å². The number of aromatic amines is 2. The third kappa shape index (κ3) is 0.819. The second kappa shape index (κ2) is 1.51. The van der Waals surface area contributed by atoms with Gasteiger partial charge in [-0.3, -0.25) is 4.98 Å². The lowest BCUT2D eigenvalue weighted by Crippen LogP contribution is -2.16. The van der Waals surface area contributed by atoms with Gasteiger partial charge in [-0.25, -0.2) is 9.78 Å². The summed E-state index contributed by atoms with van der Waals surface area (Å²) in [4.78, 5) is 18.3. The van der Waals surface area contributed by atoms with Crippen molar-refractivity contribution >= 4 is 0 Å². The summed E-state index contributed by atoms with van der Waals surface area (Å²) in [6, 6.07) is 0. The molecule has 0 saturated heterocycles. The van der Waals surface area contributed by atoms with Crippen LogP contribution < -0.4 is 10.7 Å². The number of rotatable bonds is 0. The average molecular weight is 98.1 g/mol. The highest BCUT2D eigenvalue weighted by atomic mass is 16.1. The van der Waals surface area contributed by atoms with Gasteiger partial charge in [0.2, 0.25) is 6.33 Å². The molecule has 1 aromatic rings. The molecule has 0 atom stereocenters. The SMILES string of the molecule is O=c1nc[nH+]c[nH]1. The number of H-pyrrole nitrogens is 2. The summed E-state index contributed by atoms with van der Waals surface area (Å²) in [5.74, 6) is 0. The fourth-order valence-electron chi connectivity index (χ4n) is 0.274. The highest BCUT2D eigenvalue weighted by Gasteiger charge is 1.81. The standard InChI is InChI=1S/C3H3N3O/c7-3-5-1-4-2-6-3/h1-2H,(H,4,5,6,7)/p+1. The van der Waals surface area contributed by atoms with Crippen molar-refractivity contribution in [1.82, 2.24) is 9.97 Å². The Morgan fingerprint density at radius 1 is 1.86 bits per heavy atom. The Kier molecular flexibility index (Phi) is 0.856. The van der Waals surface area contributed by atoms with Gasteiger partial charge in [0.1, 0.15) is 0 Å². The molecule has 1 heterocycles. The number of aromatic nitrogens is 3. The zero-order valence-electron chi connectivity index (χ0n) is 3.51. The molecule has 0 aromatic carbocycles. The molecule has 0 bridgehead atoms. The summed E-state index contributed by atoms with van der Waals surface area (Å²) in [6.45, 7) is 0. The Labute approximate surface area is 39.3 Å². The van der Waals surface area contributed by atoms with Crippen LogP contribution in [0, 0.1) is 0 Å². The highest BCUT2D eigenvalue weighted by Crippen LogP contribution is 1.39. The molecular weight excluding hydrogens is 94.1 g/mol. The third-order valence-electron chi connectivity index (χ3n) is 0.535. The van der Waals surface area contributed by atoms with E-state index >= 15 is 0 Å². The predicted molar refractivity (Wildman–Crippen MR) is 21.4 cm³/mol. The normalized spacial score (nSPS) is 8.57. The molecule has 36 valence electrons. The van der Waals surface area contributed by atoms with Crippen LogP contribution in [0.25, 0.3) is 0 Å². The maximum absolute atomic E-state index is 10.1. The Balaban J connectivity index is 3.28. The lowest BCUT2D eigenvalue weighted by Gasteiger charge is -1.64.